The van der Waals surface area contributed by atoms with E-state index < -0.39 is 5.97 Å². The first kappa shape index (κ1) is 15.8. The number of fused-ring (bicyclic) bond motifs is 1. The molecule has 0 aliphatic carbocycles. The predicted molar refractivity (Wildman–Crippen MR) is 83.8 cm³/mol. The van der Waals surface area contributed by atoms with Crippen molar-refractivity contribution in [3.05, 3.63) is 35.4 Å². The van der Waals surface area contributed by atoms with E-state index in [1.807, 2.05) is 12.1 Å². The Morgan fingerprint density at radius 3 is 2.48 bits per heavy atom. The van der Waals surface area contributed by atoms with Crippen LogP contribution in [0.25, 0.3) is 0 Å². The lowest BCUT2D eigenvalue weighted by Gasteiger charge is -2.39. The first-order valence-electron chi connectivity index (χ1n) is 7.95. The number of likely N-dealkylation sites (tertiary alicyclic amines) is 1. The Balaban J connectivity index is 1.69. The predicted octanol–water partition coefficient (Wildman–Crippen LogP) is 1.93. The molecule has 23 heavy (non-hydrogen) atoms. The first-order valence-corrected chi connectivity index (χ1v) is 7.95. The van der Waals surface area contributed by atoms with E-state index in [0.717, 1.165) is 13.1 Å². The highest BCUT2D eigenvalue weighted by Crippen LogP contribution is 2.28. The molecule has 0 bridgehead atoms. The fourth-order valence-electron chi connectivity index (χ4n) is 3.64. The van der Waals surface area contributed by atoms with Crippen molar-refractivity contribution in [2.24, 2.45) is 5.92 Å². The van der Waals surface area contributed by atoms with E-state index in [0.29, 0.717) is 25.9 Å². The standard InChI is InChI=1S/C17H22N2O4/c1-23-17(22)19-7-6-12(16(20)21)8-15(19)11-18-9-13-4-2-3-5-14(13)10-18/h2-5,12,15H,6-11H2,1H3,(H,20,21)/t12-,15+/m0/s1. The Hall–Kier alpha value is -2.08. The summed E-state index contributed by atoms with van der Waals surface area (Å²) in [6.07, 6.45) is 0.605. The summed E-state index contributed by atoms with van der Waals surface area (Å²) in [6, 6.07) is 8.18. The zero-order chi connectivity index (χ0) is 16.4. The van der Waals surface area contributed by atoms with Crippen LogP contribution in [-0.2, 0) is 22.6 Å². The Morgan fingerprint density at radius 1 is 1.26 bits per heavy atom. The van der Waals surface area contributed by atoms with Gasteiger partial charge in [-0.15, -0.1) is 0 Å². The average molecular weight is 318 g/mol. The molecule has 1 aromatic rings. The lowest BCUT2D eigenvalue weighted by molar-refractivity contribution is -0.144. The molecule has 0 spiro atoms. The summed E-state index contributed by atoms with van der Waals surface area (Å²) in [5.41, 5.74) is 2.62. The van der Waals surface area contributed by atoms with Gasteiger partial charge >= 0.3 is 12.1 Å². The molecule has 2 aliphatic heterocycles. The maximum Gasteiger partial charge on any atom is 0.409 e. The molecule has 2 aliphatic rings. The first-order chi connectivity index (χ1) is 11.1. The lowest BCUT2D eigenvalue weighted by Crippen LogP contribution is -2.51. The van der Waals surface area contributed by atoms with Crippen LogP contribution in [0.2, 0.25) is 0 Å². The van der Waals surface area contributed by atoms with E-state index in [1.54, 1.807) is 4.90 Å². The summed E-state index contributed by atoms with van der Waals surface area (Å²) < 4.78 is 4.86. The number of carboxylic acid groups (broad SMARTS) is 1. The molecular formula is C17H22N2O4. The maximum absolute atomic E-state index is 12.0. The highest BCUT2D eigenvalue weighted by atomic mass is 16.5. The Labute approximate surface area is 135 Å². The molecule has 6 nitrogen and oxygen atoms in total. The van der Waals surface area contributed by atoms with Gasteiger partial charge in [-0.25, -0.2) is 4.79 Å². The minimum Gasteiger partial charge on any atom is -0.481 e. The minimum atomic E-state index is -0.774. The maximum atomic E-state index is 12.0. The van der Waals surface area contributed by atoms with Gasteiger partial charge in [0, 0.05) is 32.2 Å². The zero-order valence-corrected chi connectivity index (χ0v) is 13.3. The molecule has 6 heteroatoms. The van der Waals surface area contributed by atoms with Gasteiger partial charge in [0.25, 0.3) is 0 Å². The minimum absolute atomic E-state index is 0.119. The third-order valence-electron chi connectivity index (χ3n) is 4.85. The summed E-state index contributed by atoms with van der Waals surface area (Å²) >= 11 is 0. The van der Waals surface area contributed by atoms with E-state index in [-0.39, 0.29) is 18.1 Å². The highest BCUT2D eigenvalue weighted by Gasteiger charge is 2.36. The molecule has 1 N–H and O–H groups in total. The molecule has 0 aromatic heterocycles. The Bertz CT molecular complexity index is 579. The van der Waals surface area contributed by atoms with Crippen LogP contribution in [0.1, 0.15) is 24.0 Å². The van der Waals surface area contributed by atoms with Gasteiger partial charge < -0.3 is 14.7 Å². The molecule has 0 radical (unpaired) electrons. The molecular weight excluding hydrogens is 296 g/mol. The number of carbonyl (C=O) groups excluding carboxylic acids is 1. The number of hydrogen-bond acceptors (Lipinski definition) is 4. The molecule has 2 heterocycles. The van der Waals surface area contributed by atoms with Crippen LogP contribution in [0.3, 0.4) is 0 Å². The van der Waals surface area contributed by atoms with Gasteiger partial charge in [-0.05, 0) is 24.0 Å². The molecule has 1 fully saturated rings. The molecule has 0 unspecified atom stereocenters. The van der Waals surface area contributed by atoms with E-state index in [1.165, 1.54) is 18.2 Å². The molecule has 124 valence electrons. The second kappa shape index (κ2) is 6.58. The number of carboxylic acids is 1. The van der Waals surface area contributed by atoms with Crippen molar-refractivity contribution in [3.8, 4) is 0 Å². The van der Waals surface area contributed by atoms with Gasteiger partial charge in [0.2, 0.25) is 0 Å². The second-order valence-electron chi connectivity index (χ2n) is 6.32. The summed E-state index contributed by atoms with van der Waals surface area (Å²) in [5, 5.41) is 9.29. The van der Waals surface area contributed by atoms with E-state index >= 15 is 0 Å². The van der Waals surface area contributed by atoms with Crippen molar-refractivity contribution in [1.82, 2.24) is 9.80 Å². The Kier molecular flexibility index (Phi) is 4.52. The van der Waals surface area contributed by atoms with Crippen molar-refractivity contribution >= 4 is 12.1 Å². The SMILES string of the molecule is COC(=O)N1CC[C@H](C(=O)O)C[C@@H]1CN1Cc2ccccc2C1. The number of aliphatic carboxylic acids is 1. The second-order valence-corrected chi connectivity index (χ2v) is 6.32. The number of methoxy groups -OCH3 is 1. The summed E-state index contributed by atoms with van der Waals surface area (Å²) in [4.78, 5) is 27.3. The van der Waals surface area contributed by atoms with Crippen LogP contribution in [0.5, 0.6) is 0 Å². The van der Waals surface area contributed by atoms with Crippen LogP contribution < -0.4 is 0 Å². The van der Waals surface area contributed by atoms with Crippen LogP contribution in [0, 0.1) is 5.92 Å². The number of carbonyl (C=O) groups is 2. The molecule has 1 saturated heterocycles. The number of piperidine rings is 1. The van der Waals surface area contributed by atoms with Crippen LogP contribution >= 0.6 is 0 Å². The lowest BCUT2D eigenvalue weighted by atomic mass is 9.91. The number of amides is 1. The van der Waals surface area contributed by atoms with Gasteiger partial charge in [-0.2, -0.15) is 0 Å². The number of ether oxygens (including phenoxy) is 1. The monoisotopic (exact) mass is 318 g/mol. The third kappa shape index (κ3) is 3.32. The third-order valence-corrected chi connectivity index (χ3v) is 4.85. The zero-order valence-electron chi connectivity index (χ0n) is 13.3. The molecule has 0 saturated carbocycles. The molecule has 3 rings (SSSR count). The van der Waals surface area contributed by atoms with E-state index in [2.05, 4.69) is 17.0 Å². The van der Waals surface area contributed by atoms with E-state index in [4.69, 9.17) is 4.74 Å². The Morgan fingerprint density at radius 2 is 1.91 bits per heavy atom. The largest absolute Gasteiger partial charge is 0.481 e. The summed E-state index contributed by atoms with van der Waals surface area (Å²) in [6.45, 7) is 2.81. The summed E-state index contributed by atoms with van der Waals surface area (Å²) in [7, 11) is 1.37. The van der Waals surface area contributed by atoms with E-state index in [9.17, 15) is 14.7 Å². The highest BCUT2D eigenvalue weighted by molar-refractivity contribution is 5.72. The van der Waals surface area contributed by atoms with Gasteiger partial charge in [0.1, 0.15) is 0 Å². The summed E-state index contributed by atoms with van der Waals surface area (Å²) in [5.74, 6) is -1.16. The number of rotatable bonds is 3. The van der Waals surface area contributed by atoms with Crippen molar-refractivity contribution in [2.45, 2.75) is 32.0 Å². The quantitative estimate of drug-likeness (QED) is 0.922. The smallest absolute Gasteiger partial charge is 0.409 e. The molecule has 1 aromatic carbocycles. The van der Waals surface area contributed by atoms with Crippen LogP contribution in [0.4, 0.5) is 4.79 Å². The fourth-order valence-corrected chi connectivity index (χ4v) is 3.64. The van der Waals surface area contributed by atoms with Crippen molar-refractivity contribution in [1.29, 1.82) is 0 Å². The number of hydrogen-bond donors (Lipinski definition) is 1. The van der Waals surface area contributed by atoms with Crippen molar-refractivity contribution in [2.75, 3.05) is 20.2 Å². The average Bonchev–Trinajstić information content (AvgIpc) is 2.96. The number of benzene rings is 1. The van der Waals surface area contributed by atoms with Crippen LogP contribution in [-0.4, -0.2) is 53.2 Å². The van der Waals surface area contributed by atoms with Crippen molar-refractivity contribution in [3.63, 3.8) is 0 Å². The van der Waals surface area contributed by atoms with Gasteiger partial charge in [0.05, 0.1) is 13.0 Å². The normalized spacial score (nSPS) is 24.3. The molecule has 2 atom stereocenters. The fraction of sp³-hybridized carbons (Fsp3) is 0.529. The number of nitrogens with zero attached hydrogens (tertiary/aromatic N) is 2. The topological polar surface area (TPSA) is 70.1 Å². The van der Waals surface area contributed by atoms with Gasteiger partial charge in [0.15, 0.2) is 0 Å². The van der Waals surface area contributed by atoms with Crippen LogP contribution in [0.15, 0.2) is 24.3 Å². The van der Waals surface area contributed by atoms with Gasteiger partial charge in [-0.3, -0.25) is 9.69 Å². The van der Waals surface area contributed by atoms with Crippen molar-refractivity contribution < 1.29 is 19.4 Å². The van der Waals surface area contributed by atoms with Gasteiger partial charge in [-0.1, -0.05) is 24.3 Å². The molecule has 1 amide bonds.